The highest BCUT2D eigenvalue weighted by Gasteiger charge is 2.24. The van der Waals surface area contributed by atoms with E-state index in [1.165, 1.54) is 12.5 Å². The molecule has 0 radical (unpaired) electrons. The topological polar surface area (TPSA) is 61.4 Å². The molecule has 27 heavy (non-hydrogen) atoms. The van der Waals surface area contributed by atoms with E-state index in [1.807, 2.05) is 12.1 Å². The summed E-state index contributed by atoms with van der Waals surface area (Å²) in [6.07, 6.45) is 3.00. The fraction of sp³-hybridized carbons (Fsp3) is 0.364. The minimum absolute atomic E-state index is 0.0108. The fourth-order valence-electron chi connectivity index (χ4n) is 3.54. The number of benzene rings is 2. The van der Waals surface area contributed by atoms with E-state index in [1.54, 1.807) is 30.1 Å². The number of urea groups is 1. The van der Waals surface area contributed by atoms with Gasteiger partial charge in [0.25, 0.3) is 0 Å². The summed E-state index contributed by atoms with van der Waals surface area (Å²) >= 11 is 0. The third-order valence-electron chi connectivity index (χ3n) is 5.12. The molecule has 3 rings (SSSR count). The minimum Gasteiger partial charge on any atom is -0.322 e. The second-order valence-electron chi connectivity index (χ2n) is 7.20. The number of ketones is 1. The van der Waals surface area contributed by atoms with Crippen LogP contribution in [0, 0.1) is 5.92 Å². The SMILES string of the molecule is CC(=O)c1cccc(N(C)C(=O)NC2CC(Cc3ccccc3)CCN2)c1. The molecule has 1 heterocycles. The van der Waals surface area contributed by atoms with E-state index in [0.29, 0.717) is 17.2 Å². The summed E-state index contributed by atoms with van der Waals surface area (Å²) in [5.41, 5.74) is 2.65. The Hall–Kier alpha value is -2.66. The molecule has 2 N–H and O–H groups in total. The molecule has 2 amide bonds. The lowest BCUT2D eigenvalue weighted by molar-refractivity contribution is 0.101. The number of Topliss-reactive ketones (excluding diaryl/α,β-unsaturated/α-hetero) is 1. The molecule has 5 heteroatoms. The van der Waals surface area contributed by atoms with Gasteiger partial charge < -0.3 is 5.32 Å². The first-order valence-electron chi connectivity index (χ1n) is 9.45. The maximum absolute atomic E-state index is 12.6. The van der Waals surface area contributed by atoms with E-state index in [9.17, 15) is 9.59 Å². The van der Waals surface area contributed by atoms with Gasteiger partial charge in [-0.05, 0) is 56.3 Å². The third kappa shape index (κ3) is 5.17. The van der Waals surface area contributed by atoms with Crippen molar-refractivity contribution in [3.8, 4) is 0 Å². The number of nitrogens with zero attached hydrogens (tertiary/aromatic N) is 1. The number of hydrogen-bond acceptors (Lipinski definition) is 3. The van der Waals surface area contributed by atoms with Gasteiger partial charge in [0.05, 0.1) is 6.17 Å². The van der Waals surface area contributed by atoms with E-state index < -0.39 is 0 Å². The number of hydrogen-bond donors (Lipinski definition) is 2. The van der Waals surface area contributed by atoms with E-state index in [0.717, 1.165) is 25.8 Å². The Labute approximate surface area is 160 Å². The van der Waals surface area contributed by atoms with Gasteiger partial charge in [-0.25, -0.2) is 4.79 Å². The lowest BCUT2D eigenvalue weighted by Gasteiger charge is -2.32. The number of carbonyl (C=O) groups is 2. The van der Waals surface area contributed by atoms with Crippen LogP contribution in [0.15, 0.2) is 54.6 Å². The van der Waals surface area contributed by atoms with Crippen molar-refractivity contribution in [3.63, 3.8) is 0 Å². The molecular weight excluding hydrogens is 338 g/mol. The van der Waals surface area contributed by atoms with Crippen molar-refractivity contribution in [2.45, 2.75) is 32.4 Å². The van der Waals surface area contributed by atoms with Gasteiger partial charge >= 0.3 is 6.03 Å². The van der Waals surface area contributed by atoms with Crippen LogP contribution in [0.1, 0.15) is 35.7 Å². The molecule has 0 saturated carbocycles. The number of piperidine rings is 1. The fourth-order valence-corrected chi connectivity index (χ4v) is 3.54. The molecule has 5 nitrogen and oxygen atoms in total. The van der Waals surface area contributed by atoms with Crippen molar-refractivity contribution in [2.24, 2.45) is 5.92 Å². The van der Waals surface area contributed by atoms with Gasteiger partial charge in [0.15, 0.2) is 5.78 Å². The quantitative estimate of drug-likeness (QED) is 0.796. The van der Waals surface area contributed by atoms with E-state index in [-0.39, 0.29) is 18.0 Å². The lowest BCUT2D eigenvalue weighted by Crippen LogP contribution is -2.53. The monoisotopic (exact) mass is 365 g/mol. The van der Waals surface area contributed by atoms with Crippen LogP contribution in [0.5, 0.6) is 0 Å². The highest BCUT2D eigenvalue weighted by Crippen LogP contribution is 2.21. The van der Waals surface area contributed by atoms with Crippen LogP contribution in [0.3, 0.4) is 0 Å². The van der Waals surface area contributed by atoms with Gasteiger partial charge in [0.2, 0.25) is 0 Å². The zero-order valence-electron chi connectivity index (χ0n) is 15.9. The molecule has 1 aliphatic heterocycles. The molecular formula is C22H27N3O2. The Kier molecular flexibility index (Phi) is 6.24. The first-order valence-corrected chi connectivity index (χ1v) is 9.45. The number of anilines is 1. The molecule has 2 atom stereocenters. The van der Waals surface area contributed by atoms with Crippen LogP contribution in [0.4, 0.5) is 10.5 Å². The van der Waals surface area contributed by atoms with Gasteiger partial charge in [0.1, 0.15) is 0 Å². The van der Waals surface area contributed by atoms with Crippen LogP contribution < -0.4 is 15.5 Å². The van der Waals surface area contributed by atoms with Gasteiger partial charge in [-0.1, -0.05) is 42.5 Å². The van der Waals surface area contributed by atoms with Crippen molar-refractivity contribution in [2.75, 3.05) is 18.5 Å². The van der Waals surface area contributed by atoms with Gasteiger partial charge in [-0.3, -0.25) is 15.0 Å². The molecule has 142 valence electrons. The van der Waals surface area contributed by atoms with Gasteiger partial charge in [-0.15, -0.1) is 0 Å². The Morgan fingerprint density at radius 1 is 1.15 bits per heavy atom. The summed E-state index contributed by atoms with van der Waals surface area (Å²) in [6, 6.07) is 17.4. The maximum Gasteiger partial charge on any atom is 0.322 e. The second-order valence-corrected chi connectivity index (χ2v) is 7.20. The molecule has 2 aromatic rings. The molecule has 1 fully saturated rings. The van der Waals surface area contributed by atoms with Crippen molar-refractivity contribution in [1.82, 2.24) is 10.6 Å². The zero-order valence-corrected chi connectivity index (χ0v) is 15.9. The second kappa shape index (κ2) is 8.82. The summed E-state index contributed by atoms with van der Waals surface area (Å²) in [5.74, 6) is 0.536. The number of carbonyl (C=O) groups excluding carboxylic acids is 2. The van der Waals surface area contributed by atoms with Crippen LogP contribution in [-0.2, 0) is 6.42 Å². The predicted octanol–water partition coefficient (Wildman–Crippen LogP) is 3.60. The third-order valence-corrected chi connectivity index (χ3v) is 5.12. The largest absolute Gasteiger partial charge is 0.322 e. The maximum atomic E-state index is 12.6. The lowest BCUT2D eigenvalue weighted by atomic mass is 9.89. The average molecular weight is 365 g/mol. The Bertz CT molecular complexity index is 791. The van der Waals surface area contributed by atoms with E-state index in [2.05, 4.69) is 34.9 Å². The highest BCUT2D eigenvalue weighted by atomic mass is 16.2. The van der Waals surface area contributed by atoms with Crippen LogP contribution in [0.2, 0.25) is 0 Å². The Morgan fingerprint density at radius 2 is 1.93 bits per heavy atom. The Morgan fingerprint density at radius 3 is 2.67 bits per heavy atom. The minimum atomic E-state index is -0.173. The molecule has 0 bridgehead atoms. The molecule has 2 aromatic carbocycles. The summed E-state index contributed by atoms with van der Waals surface area (Å²) in [7, 11) is 1.72. The van der Waals surface area contributed by atoms with Crippen LogP contribution >= 0.6 is 0 Å². The van der Waals surface area contributed by atoms with Crippen molar-refractivity contribution < 1.29 is 9.59 Å². The normalized spacial score (nSPS) is 19.3. The molecule has 0 aliphatic carbocycles. The summed E-state index contributed by atoms with van der Waals surface area (Å²) < 4.78 is 0. The summed E-state index contributed by atoms with van der Waals surface area (Å²) in [5, 5.41) is 6.46. The number of nitrogens with one attached hydrogen (secondary N) is 2. The summed E-state index contributed by atoms with van der Waals surface area (Å²) in [4.78, 5) is 25.8. The smallest absolute Gasteiger partial charge is 0.322 e. The van der Waals surface area contributed by atoms with Crippen molar-refractivity contribution in [3.05, 3.63) is 65.7 Å². The van der Waals surface area contributed by atoms with E-state index in [4.69, 9.17) is 0 Å². The summed E-state index contributed by atoms with van der Waals surface area (Å²) in [6.45, 7) is 2.42. The zero-order chi connectivity index (χ0) is 19.2. The first-order chi connectivity index (χ1) is 13.0. The molecule has 0 aromatic heterocycles. The number of amides is 2. The number of rotatable bonds is 5. The Balaban J connectivity index is 1.58. The van der Waals surface area contributed by atoms with Crippen molar-refractivity contribution >= 4 is 17.5 Å². The van der Waals surface area contributed by atoms with Crippen LogP contribution in [-0.4, -0.2) is 31.6 Å². The molecule has 0 spiro atoms. The van der Waals surface area contributed by atoms with Crippen molar-refractivity contribution in [1.29, 1.82) is 0 Å². The van der Waals surface area contributed by atoms with Gasteiger partial charge in [0, 0.05) is 18.3 Å². The molecule has 1 saturated heterocycles. The average Bonchev–Trinajstić information content (AvgIpc) is 2.68. The van der Waals surface area contributed by atoms with E-state index >= 15 is 0 Å². The highest BCUT2D eigenvalue weighted by molar-refractivity contribution is 5.97. The molecule has 2 unspecified atom stereocenters. The predicted molar refractivity (Wildman–Crippen MR) is 108 cm³/mol. The molecule has 1 aliphatic rings. The first kappa shape index (κ1) is 19.1. The standard InChI is InChI=1S/C22H27N3O2/c1-16(26)19-9-6-10-20(15-19)25(2)22(27)24-21-14-18(11-12-23-21)13-17-7-4-3-5-8-17/h3-10,15,18,21,23H,11-14H2,1-2H3,(H,24,27). The van der Waals surface area contributed by atoms with Gasteiger partial charge in [-0.2, -0.15) is 0 Å². The van der Waals surface area contributed by atoms with Crippen LogP contribution in [0.25, 0.3) is 0 Å².